The van der Waals surface area contributed by atoms with Crippen molar-refractivity contribution >= 4 is 11.9 Å². The van der Waals surface area contributed by atoms with Crippen molar-refractivity contribution in [2.45, 2.75) is 62.7 Å². The largest absolute Gasteiger partial charge is 0.454 e. The molecule has 1 aliphatic carbocycles. The number of amides is 1. The minimum Gasteiger partial charge on any atom is -0.454 e. The minimum atomic E-state index is -1.69. The number of nitrogens with two attached hydrogens (primary N) is 1. The summed E-state index contributed by atoms with van der Waals surface area (Å²) in [7, 11) is 1.93. The van der Waals surface area contributed by atoms with Gasteiger partial charge >= 0.3 is 5.97 Å². The molecule has 8 nitrogen and oxygen atoms in total. The van der Waals surface area contributed by atoms with E-state index in [1.165, 1.54) is 0 Å². The number of likely N-dealkylation sites (tertiary alicyclic amines) is 1. The number of quaternary nitrogens is 1. The van der Waals surface area contributed by atoms with Crippen LogP contribution in [0.1, 0.15) is 62.4 Å². The van der Waals surface area contributed by atoms with E-state index in [-0.39, 0.29) is 10.4 Å². The maximum absolute atomic E-state index is 13.6. The van der Waals surface area contributed by atoms with Crippen molar-refractivity contribution < 1.29 is 23.9 Å². The second-order valence-electron chi connectivity index (χ2n) is 9.93. The van der Waals surface area contributed by atoms with Crippen LogP contribution in [0, 0.1) is 5.92 Å². The maximum Gasteiger partial charge on any atom is 0.343 e. The third kappa shape index (κ3) is 4.83. The molecule has 0 spiro atoms. The van der Waals surface area contributed by atoms with E-state index in [1.54, 1.807) is 30.6 Å². The number of aromatic nitrogens is 2. The van der Waals surface area contributed by atoms with Gasteiger partial charge in [0, 0.05) is 24.7 Å². The molecule has 1 amide bonds. The van der Waals surface area contributed by atoms with Crippen LogP contribution < -0.4 is 5.73 Å². The second-order valence-corrected chi connectivity index (χ2v) is 9.93. The SMILES string of the molecule is C[N+]1(C(C(N)=O)c2ncccn2)CCC[C@@H](OC(=O)C(O)(c2ccccc2)C2CCCCC2)C1. The molecule has 0 radical (unpaired) electrons. The zero-order chi connectivity index (χ0) is 24.2. The third-order valence-electron chi connectivity index (χ3n) is 7.53. The minimum absolute atomic E-state index is 0.184. The Labute approximate surface area is 200 Å². The van der Waals surface area contributed by atoms with E-state index in [9.17, 15) is 14.7 Å². The number of nitrogens with zero attached hydrogens (tertiary/aromatic N) is 3. The van der Waals surface area contributed by atoms with Crippen molar-refractivity contribution in [2.24, 2.45) is 11.7 Å². The molecule has 8 heteroatoms. The summed E-state index contributed by atoms with van der Waals surface area (Å²) in [6.07, 6.45) is 8.81. The highest BCUT2D eigenvalue weighted by Gasteiger charge is 2.50. The molecule has 1 aromatic carbocycles. The number of ether oxygens (including phenoxy) is 1. The van der Waals surface area contributed by atoms with Gasteiger partial charge in [-0.15, -0.1) is 0 Å². The van der Waals surface area contributed by atoms with E-state index in [4.69, 9.17) is 10.5 Å². The van der Waals surface area contributed by atoms with Crippen LogP contribution in [0.3, 0.4) is 0 Å². The van der Waals surface area contributed by atoms with E-state index in [0.717, 1.165) is 38.5 Å². The molecule has 1 saturated carbocycles. The van der Waals surface area contributed by atoms with Gasteiger partial charge in [-0.2, -0.15) is 0 Å². The number of carbonyl (C=O) groups is 2. The Kier molecular flexibility index (Phi) is 7.28. The number of benzene rings is 1. The second kappa shape index (κ2) is 10.2. The molecular formula is C26H35N4O4+. The van der Waals surface area contributed by atoms with Crippen LogP contribution >= 0.6 is 0 Å². The van der Waals surface area contributed by atoms with Gasteiger partial charge in [-0.3, -0.25) is 4.79 Å². The Balaban J connectivity index is 1.57. The Hall–Kier alpha value is -2.84. The molecule has 0 bridgehead atoms. The Bertz CT molecular complexity index is 983. The molecule has 4 atom stereocenters. The van der Waals surface area contributed by atoms with E-state index in [1.807, 2.05) is 25.2 Å². The molecule has 2 fully saturated rings. The summed E-state index contributed by atoms with van der Waals surface area (Å²) in [5.41, 5.74) is 4.68. The summed E-state index contributed by atoms with van der Waals surface area (Å²) in [5, 5.41) is 11.8. The van der Waals surface area contributed by atoms with Gasteiger partial charge in [0.25, 0.3) is 5.91 Å². The lowest BCUT2D eigenvalue weighted by molar-refractivity contribution is -0.937. The highest BCUT2D eigenvalue weighted by molar-refractivity contribution is 5.82. The fourth-order valence-electron chi connectivity index (χ4n) is 5.80. The summed E-state index contributed by atoms with van der Waals surface area (Å²) < 4.78 is 6.28. The Morgan fingerprint density at radius 1 is 1.06 bits per heavy atom. The third-order valence-corrected chi connectivity index (χ3v) is 7.53. The van der Waals surface area contributed by atoms with Crippen molar-refractivity contribution in [3.63, 3.8) is 0 Å². The van der Waals surface area contributed by atoms with Gasteiger partial charge in [0.1, 0.15) is 6.54 Å². The van der Waals surface area contributed by atoms with Crippen molar-refractivity contribution in [2.75, 3.05) is 20.1 Å². The first kappa shape index (κ1) is 24.3. The zero-order valence-electron chi connectivity index (χ0n) is 19.8. The average Bonchev–Trinajstić information content (AvgIpc) is 2.85. The van der Waals surface area contributed by atoms with Gasteiger partial charge in [0.15, 0.2) is 17.5 Å². The molecule has 3 N–H and O–H groups in total. The smallest absolute Gasteiger partial charge is 0.343 e. The monoisotopic (exact) mass is 467 g/mol. The standard InChI is InChI=1S/C26H34N4O4/c1-30(22(23(27)31)24-28-15-9-16-29-24)17-8-14-21(18-30)34-25(32)26(33,19-10-4-2-5-11-19)20-12-6-3-7-13-20/h2,4-5,9-11,15-16,20-22,33H,3,6-8,12-14,17-18H2,1H3,(H-,27,31)/p+1/t21-,22?,26?,30?/m1/s1. The molecule has 2 aromatic rings. The first-order valence-corrected chi connectivity index (χ1v) is 12.2. The van der Waals surface area contributed by atoms with Gasteiger partial charge in [-0.1, -0.05) is 49.6 Å². The van der Waals surface area contributed by atoms with Gasteiger partial charge in [0.05, 0.1) is 13.6 Å². The van der Waals surface area contributed by atoms with Gasteiger partial charge < -0.3 is 20.1 Å². The topological polar surface area (TPSA) is 115 Å². The quantitative estimate of drug-likeness (QED) is 0.478. The predicted octanol–water partition coefficient (Wildman–Crippen LogP) is 2.62. The molecule has 3 unspecified atom stereocenters. The molecule has 1 aromatic heterocycles. The van der Waals surface area contributed by atoms with Crippen LogP contribution in [0.25, 0.3) is 0 Å². The number of rotatable bonds is 7. The molecule has 182 valence electrons. The first-order chi connectivity index (χ1) is 16.3. The molecule has 4 rings (SSSR count). The number of hydrogen-bond donors (Lipinski definition) is 2. The van der Waals surface area contributed by atoms with E-state index < -0.39 is 29.6 Å². The zero-order valence-corrected chi connectivity index (χ0v) is 19.8. The highest BCUT2D eigenvalue weighted by atomic mass is 16.6. The summed E-state index contributed by atoms with van der Waals surface area (Å²) in [5.74, 6) is -0.927. The Morgan fingerprint density at radius 3 is 2.38 bits per heavy atom. The summed E-state index contributed by atoms with van der Waals surface area (Å²) in [6, 6.07) is 10.1. The number of primary amides is 1. The Morgan fingerprint density at radius 2 is 1.74 bits per heavy atom. The molecular weight excluding hydrogens is 432 g/mol. The van der Waals surface area contributed by atoms with Crippen LogP contribution in [-0.2, 0) is 19.9 Å². The fraction of sp³-hybridized carbons (Fsp3) is 0.538. The predicted molar refractivity (Wildman–Crippen MR) is 126 cm³/mol. The molecule has 2 aliphatic rings. The molecule has 34 heavy (non-hydrogen) atoms. The number of piperidine rings is 1. The fourth-order valence-corrected chi connectivity index (χ4v) is 5.80. The molecule has 2 heterocycles. The van der Waals surface area contributed by atoms with Crippen LogP contribution in [0.5, 0.6) is 0 Å². The van der Waals surface area contributed by atoms with Crippen molar-refractivity contribution in [1.82, 2.24) is 9.97 Å². The van der Waals surface area contributed by atoms with E-state index in [2.05, 4.69) is 9.97 Å². The lowest BCUT2D eigenvalue weighted by Crippen LogP contribution is -2.59. The van der Waals surface area contributed by atoms with Crippen LogP contribution in [0.2, 0.25) is 0 Å². The number of hydrogen-bond acceptors (Lipinski definition) is 6. The van der Waals surface area contributed by atoms with Crippen LogP contribution in [0.15, 0.2) is 48.8 Å². The summed E-state index contributed by atoms with van der Waals surface area (Å²) in [6.45, 7) is 1.08. The van der Waals surface area contributed by atoms with E-state index >= 15 is 0 Å². The number of esters is 1. The van der Waals surface area contributed by atoms with Gasteiger partial charge in [-0.05, 0) is 30.9 Å². The first-order valence-electron chi connectivity index (χ1n) is 12.2. The number of carbonyl (C=O) groups excluding carboxylic acids is 2. The van der Waals surface area contributed by atoms with Crippen molar-refractivity contribution in [3.05, 3.63) is 60.2 Å². The molecule has 1 aliphatic heterocycles. The summed E-state index contributed by atoms with van der Waals surface area (Å²) >= 11 is 0. The lowest BCUT2D eigenvalue weighted by atomic mass is 9.73. The number of likely N-dealkylation sites (N-methyl/N-ethyl adjacent to an activating group) is 1. The highest BCUT2D eigenvalue weighted by Crippen LogP contribution is 2.41. The average molecular weight is 468 g/mol. The van der Waals surface area contributed by atoms with Gasteiger partial charge in [-0.25, -0.2) is 14.8 Å². The van der Waals surface area contributed by atoms with Crippen molar-refractivity contribution in [3.8, 4) is 0 Å². The normalized spacial score (nSPS) is 26.2. The van der Waals surface area contributed by atoms with E-state index in [0.29, 0.717) is 30.9 Å². The maximum atomic E-state index is 13.6. The van der Waals surface area contributed by atoms with Crippen LogP contribution in [0.4, 0.5) is 0 Å². The molecule has 1 saturated heterocycles. The van der Waals surface area contributed by atoms with Gasteiger partial charge in [0.2, 0.25) is 6.04 Å². The lowest BCUT2D eigenvalue weighted by Gasteiger charge is -2.45. The summed E-state index contributed by atoms with van der Waals surface area (Å²) in [4.78, 5) is 34.6. The van der Waals surface area contributed by atoms with Crippen LogP contribution in [-0.4, -0.2) is 57.7 Å². The number of aliphatic hydroxyl groups is 1. The van der Waals surface area contributed by atoms with Crippen molar-refractivity contribution in [1.29, 1.82) is 0 Å².